The van der Waals surface area contributed by atoms with Crippen LogP contribution in [0.3, 0.4) is 0 Å². The number of hydrogen-bond donors (Lipinski definition) is 1. The Morgan fingerprint density at radius 3 is 2.83 bits per heavy atom. The Morgan fingerprint density at radius 2 is 2.17 bits per heavy atom. The molecule has 0 bridgehead atoms. The van der Waals surface area contributed by atoms with Gasteiger partial charge in [0, 0.05) is 16.9 Å². The van der Waals surface area contributed by atoms with E-state index in [1.807, 2.05) is 31.2 Å². The van der Waals surface area contributed by atoms with Crippen LogP contribution in [0.4, 0.5) is 0 Å². The van der Waals surface area contributed by atoms with E-state index in [1.165, 1.54) is 4.88 Å². The van der Waals surface area contributed by atoms with Crippen LogP contribution in [0, 0.1) is 6.92 Å². The fourth-order valence-corrected chi connectivity index (χ4v) is 2.53. The third-order valence-corrected chi connectivity index (χ3v) is 3.74. The Kier molecular flexibility index (Phi) is 4.39. The van der Waals surface area contributed by atoms with Gasteiger partial charge < -0.3 is 9.84 Å². The summed E-state index contributed by atoms with van der Waals surface area (Å²) < 4.78 is 5.77. The third-order valence-electron chi connectivity index (χ3n) is 2.80. The predicted molar refractivity (Wildman–Crippen MR) is 75.3 cm³/mol. The summed E-state index contributed by atoms with van der Waals surface area (Å²) >= 11 is 1.74. The Hall–Kier alpha value is -1.32. The van der Waals surface area contributed by atoms with Crippen molar-refractivity contribution in [3.05, 3.63) is 51.7 Å². The fraction of sp³-hybridized carbons (Fsp3) is 0.333. The predicted octanol–water partition coefficient (Wildman–Crippen LogP) is 3.73. The molecule has 1 aromatic heterocycles. The van der Waals surface area contributed by atoms with Gasteiger partial charge in [0.2, 0.25) is 0 Å². The number of rotatable bonds is 5. The molecule has 96 valence electrons. The van der Waals surface area contributed by atoms with Crippen LogP contribution < -0.4 is 4.74 Å². The Morgan fingerprint density at radius 1 is 1.33 bits per heavy atom. The number of aliphatic hydroxyl groups is 1. The van der Waals surface area contributed by atoms with Crippen LogP contribution in [-0.2, 0) is 6.42 Å². The van der Waals surface area contributed by atoms with E-state index in [9.17, 15) is 5.11 Å². The minimum Gasteiger partial charge on any atom is -0.493 e. The molecule has 1 unspecified atom stereocenters. The molecule has 0 saturated carbocycles. The number of benzene rings is 1. The van der Waals surface area contributed by atoms with Gasteiger partial charge in [-0.3, -0.25) is 0 Å². The highest BCUT2D eigenvalue weighted by atomic mass is 32.1. The first-order chi connectivity index (χ1) is 8.66. The van der Waals surface area contributed by atoms with Gasteiger partial charge in [0.05, 0.1) is 12.7 Å². The van der Waals surface area contributed by atoms with Crippen LogP contribution >= 0.6 is 11.3 Å². The number of hydrogen-bond acceptors (Lipinski definition) is 3. The van der Waals surface area contributed by atoms with Crippen molar-refractivity contribution in [1.82, 2.24) is 0 Å². The van der Waals surface area contributed by atoms with Crippen LogP contribution in [0.25, 0.3) is 0 Å². The minimum atomic E-state index is -0.498. The summed E-state index contributed by atoms with van der Waals surface area (Å²) in [5.41, 5.74) is 2.00. The zero-order chi connectivity index (χ0) is 13.0. The van der Waals surface area contributed by atoms with Crippen molar-refractivity contribution in [2.24, 2.45) is 0 Å². The van der Waals surface area contributed by atoms with E-state index in [4.69, 9.17) is 4.74 Å². The first-order valence-electron chi connectivity index (χ1n) is 6.10. The second kappa shape index (κ2) is 6.03. The van der Waals surface area contributed by atoms with Crippen molar-refractivity contribution in [1.29, 1.82) is 0 Å². The molecule has 2 rings (SSSR count). The van der Waals surface area contributed by atoms with Gasteiger partial charge in [-0.15, -0.1) is 11.3 Å². The monoisotopic (exact) mass is 262 g/mol. The van der Waals surface area contributed by atoms with Crippen molar-refractivity contribution in [2.75, 3.05) is 6.61 Å². The van der Waals surface area contributed by atoms with Crippen LogP contribution in [0.2, 0.25) is 0 Å². The highest BCUT2D eigenvalue weighted by molar-refractivity contribution is 7.09. The molecule has 3 heteroatoms. The lowest BCUT2D eigenvalue weighted by molar-refractivity contribution is 0.191. The quantitative estimate of drug-likeness (QED) is 0.889. The number of thiophene rings is 1. The SMILES string of the molecule is Cc1ccc(OCCc2cccs2)c(C(C)O)c1. The van der Waals surface area contributed by atoms with E-state index in [-0.39, 0.29) is 0 Å². The van der Waals surface area contributed by atoms with Crippen molar-refractivity contribution >= 4 is 11.3 Å². The van der Waals surface area contributed by atoms with Gasteiger partial charge in [-0.25, -0.2) is 0 Å². The van der Waals surface area contributed by atoms with Crippen molar-refractivity contribution in [2.45, 2.75) is 26.4 Å². The van der Waals surface area contributed by atoms with Crippen LogP contribution in [0.1, 0.15) is 29.0 Å². The molecule has 1 atom stereocenters. The molecule has 0 saturated heterocycles. The summed E-state index contributed by atoms with van der Waals surface area (Å²) in [4.78, 5) is 1.32. The number of ether oxygens (including phenoxy) is 1. The normalized spacial score (nSPS) is 12.4. The second-order valence-corrected chi connectivity index (χ2v) is 5.43. The summed E-state index contributed by atoms with van der Waals surface area (Å²) in [7, 11) is 0. The fourth-order valence-electron chi connectivity index (χ4n) is 1.84. The van der Waals surface area contributed by atoms with Gasteiger partial charge in [-0.2, -0.15) is 0 Å². The standard InChI is InChI=1S/C15H18O2S/c1-11-5-6-15(14(10-11)12(2)16)17-8-7-13-4-3-9-18-13/h3-6,9-10,12,16H,7-8H2,1-2H3. The van der Waals surface area contributed by atoms with Gasteiger partial charge in [-0.1, -0.05) is 17.7 Å². The van der Waals surface area contributed by atoms with E-state index in [0.29, 0.717) is 6.61 Å². The number of aryl methyl sites for hydroxylation is 1. The molecule has 0 fully saturated rings. The molecule has 0 amide bonds. The molecule has 0 aliphatic carbocycles. The van der Waals surface area contributed by atoms with Crippen LogP contribution in [0.5, 0.6) is 5.75 Å². The summed E-state index contributed by atoms with van der Waals surface area (Å²) in [5, 5.41) is 11.8. The van der Waals surface area contributed by atoms with Gasteiger partial charge in [0.15, 0.2) is 0 Å². The molecule has 1 N–H and O–H groups in total. The highest BCUT2D eigenvalue weighted by Crippen LogP contribution is 2.26. The lowest BCUT2D eigenvalue weighted by atomic mass is 10.1. The summed E-state index contributed by atoms with van der Waals surface area (Å²) in [6.07, 6.45) is 0.409. The maximum Gasteiger partial charge on any atom is 0.125 e. The average Bonchev–Trinajstić information content (AvgIpc) is 2.84. The van der Waals surface area contributed by atoms with Gasteiger partial charge >= 0.3 is 0 Å². The first-order valence-corrected chi connectivity index (χ1v) is 6.98. The Balaban J connectivity index is 2.00. The Bertz CT molecular complexity index is 489. The lowest BCUT2D eigenvalue weighted by Crippen LogP contribution is -2.04. The van der Waals surface area contributed by atoms with E-state index in [0.717, 1.165) is 23.3 Å². The molecule has 0 radical (unpaired) electrons. The maximum absolute atomic E-state index is 9.73. The summed E-state index contributed by atoms with van der Waals surface area (Å²) in [6, 6.07) is 10.1. The van der Waals surface area contributed by atoms with Gasteiger partial charge in [0.1, 0.15) is 5.75 Å². The van der Waals surface area contributed by atoms with Gasteiger partial charge in [-0.05, 0) is 37.4 Å². The molecule has 1 aromatic carbocycles. The molecule has 18 heavy (non-hydrogen) atoms. The average molecular weight is 262 g/mol. The zero-order valence-electron chi connectivity index (χ0n) is 10.7. The van der Waals surface area contributed by atoms with Gasteiger partial charge in [0.25, 0.3) is 0 Å². The second-order valence-electron chi connectivity index (χ2n) is 4.40. The molecule has 0 aliphatic heterocycles. The lowest BCUT2D eigenvalue weighted by Gasteiger charge is -2.14. The van der Waals surface area contributed by atoms with E-state index >= 15 is 0 Å². The number of aliphatic hydroxyl groups excluding tert-OH is 1. The first kappa shape index (κ1) is 13.1. The van der Waals surface area contributed by atoms with E-state index in [1.54, 1.807) is 18.3 Å². The summed E-state index contributed by atoms with van der Waals surface area (Å²) in [6.45, 7) is 4.42. The van der Waals surface area contributed by atoms with Crippen LogP contribution in [0.15, 0.2) is 35.7 Å². The molecule has 0 spiro atoms. The molecule has 2 aromatic rings. The van der Waals surface area contributed by atoms with Crippen molar-refractivity contribution < 1.29 is 9.84 Å². The van der Waals surface area contributed by atoms with Crippen molar-refractivity contribution in [3.63, 3.8) is 0 Å². The molecular weight excluding hydrogens is 244 g/mol. The Labute approximate surface area is 112 Å². The summed E-state index contributed by atoms with van der Waals surface area (Å²) in [5.74, 6) is 0.784. The van der Waals surface area contributed by atoms with E-state index < -0.39 is 6.10 Å². The highest BCUT2D eigenvalue weighted by Gasteiger charge is 2.09. The molecular formula is C15H18O2S. The molecule has 0 aliphatic rings. The van der Waals surface area contributed by atoms with Crippen molar-refractivity contribution in [3.8, 4) is 5.75 Å². The molecule has 1 heterocycles. The van der Waals surface area contributed by atoms with E-state index in [2.05, 4.69) is 11.4 Å². The molecule has 2 nitrogen and oxygen atoms in total. The van der Waals surface area contributed by atoms with Crippen LogP contribution in [-0.4, -0.2) is 11.7 Å². The topological polar surface area (TPSA) is 29.5 Å². The smallest absolute Gasteiger partial charge is 0.125 e. The maximum atomic E-state index is 9.73. The largest absolute Gasteiger partial charge is 0.493 e. The zero-order valence-corrected chi connectivity index (χ0v) is 11.5. The minimum absolute atomic E-state index is 0.498. The third kappa shape index (κ3) is 3.34.